The molecule has 10 nitrogen and oxygen atoms in total. The Morgan fingerprint density at radius 2 is 1.87 bits per heavy atom. The Morgan fingerprint density at radius 3 is 2.50 bits per heavy atom. The molecule has 0 spiro atoms. The Kier molecular flexibility index (Phi) is 6.44. The van der Waals surface area contributed by atoms with Crippen molar-refractivity contribution in [2.45, 2.75) is 36.4 Å². The zero-order chi connectivity index (χ0) is 21.9. The quantitative estimate of drug-likeness (QED) is 0.617. The van der Waals surface area contributed by atoms with Crippen molar-refractivity contribution in [3.63, 3.8) is 0 Å². The molecule has 0 N–H and O–H groups in total. The molecule has 2 heterocycles. The van der Waals surface area contributed by atoms with E-state index in [1.807, 2.05) is 26.8 Å². The van der Waals surface area contributed by atoms with Gasteiger partial charge >= 0.3 is 0 Å². The van der Waals surface area contributed by atoms with Crippen molar-refractivity contribution in [3.8, 4) is 6.07 Å². The summed E-state index contributed by atoms with van der Waals surface area (Å²) in [4.78, 5) is 14.2. The number of carbonyl (C=O) groups is 1. The monoisotopic (exact) mass is 449 g/mol. The molecule has 0 atom stereocenters. The molecule has 1 aliphatic heterocycles. The molecule has 1 aromatic carbocycles. The highest BCUT2D eigenvalue weighted by Gasteiger charge is 2.31. The van der Waals surface area contributed by atoms with Gasteiger partial charge in [-0.15, -0.1) is 5.10 Å². The molecule has 0 saturated carbocycles. The minimum absolute atomic E-state index is 0.00292. The standard InChI is InChI=1S/C18H23N7O3S2/c1-18(2,3)25-17(20-21-22-25)29-13-16(26)23-8-10-24(11-9-23)30(27,28)15-7-5-4-6-14(15)12-19/h4-7H,8-11,13H2,1-3H3. The van der Waals surface area contributed by atoms with E-state index in [0.29, 0.717) is 5.16 Å². The first-order valence-corrected chi connectivity index (χ1v) is 11.8. The third kappa shape index (κ3) is 4.63. The maximum atomic E-state index is 12.9. The zero-order valence-corrected chi connectivity index (χ0v) is 18.6. The first-order chi connectivity index (χ1) is 14.1. The molecule has 0 unspecified atom stereocenters. The molecule has 1 saturated heterocycles. The molecule has 12 heteroatoms. The molecule has 1 fully saturated rings. The van der Waals surface area contributed by atoms with Crippen LogP contribution in [0.2, 0.25) is 0 Å². The summed E-state index contributed by atoms with van der Waals surface area (Å²) in [5.74, 6) is 0.0680. The number of hydrogen-bond donors (Lipinski definition) is 0. The number of benzene rings is 1. The number of nitriles is 1. The van der Waals surface area contributed by atoms with Gasteiger partial charge < -0.3 is 4.90 Å². The summed E-state index contributed by atoms with van der Waals surface area (Å²) < 4.78 is 28.8. The molecule has 2 aromatic rings. The first kappa shape index (κ1) is 22.2. The zero-order valence-electron chi connectivity index (χ0n) is 17.0. The van der Waals surface area contributed by atoms with Crippen LogP contribution in [0.15, 0.2) is 34.3 Å². The topological polar surface area (TPSA) is 125 Å². The molecule has 0 bridgehead atoms. The number of thioether (sulfide) groups is 1. The number of aromatic nitrogens is 4. The lowest BCUT2D eigenvalue weighted by Crippen LogP contribution is -2.51. The van der Waals surface area contributed by atoms with Gasteiger partial charge in [0.1, 0.15) is 6.07 Å². The Bertz CT molecular complexity index is 1060. The third-order valence-electron chi connectivity index (χ3n) is 4.62. The van der Waals surface area contributed by atoms with Crippen LogP contribution in [0.3, 0.4) is 0 Å². The lowest BCUT2D eigenvalue weighted by molar-refractivity contribution is -0.129. The molecule has 0 aliphatic carbocycles. The van der Waals surface area contributed by atoms with Gasteiger partial charge in [0.2, 0.25) is 21.1 Å². The number of rotatable bonds is 5. The highest BCUT2D eigenvalue weighted by Crippen LogP contribution is 2.23. The molecule has 1 amide bonds. The number of piperazine rings is 1. The molecule has 1 aliphatic rings. The average Bonchev–Trinajstić information content (AvgIpc) is 3.21. The van der Waals surface area contributed by atoms with Crippen molar-refractivity contribution in [1.29, 1.82) is 5.26 Å². The summed E-state index contributed by atoms with van der Waals surface area (Å²) in [7, 11) is -3.79. The molecular weight excluding hydrogens is 426 g/mol. The first-order valence-electron chi connectivity index (χ1n) is 9.33. The Labute approximate surface area is 179 Å². The van der Waals surface area contributed by atoms with Crippen molar-refractivity contribution >= 4 is 27.7 Å². The van der Waals surface area contributed by atoms with Gasteiger partial charge in [0.05, 0.1) is 21.8 Å². The molecule has 160 valence electrons. The second kappa shape index (κ2) is 8.71. The molecule has 0 radical (unpaired) electrons. The van der Waals surface area contributed by atoms with Crippen LogP contribution >= 0.6 is 11.8 Å². The molecular formula is C18H23N7O3S2. The number of nitrogens with zero attached hydrogens (tertiary/aromatic N) is 7. The summed E-state index contributed by atoms with van der Waals surface area (Å²) in [6.07, 6.45) is 0. The molecule has 3 rings (SSSR count). The predicted octanol–water partition coefficient (Wildman–Crippen LogP) is 0.925. The van der Waals surface area contributed by atoms with Crippen molar-refractivity contribution < 1.29 is 13.2 Å². The minimum Gasteiger partial charge on any atom is -0.339 e. The smallest absolute Gasteiger partial charge is 0.244 e. The van der Waals surface area contributed by atoms with Crippen LogP contribution in [0.25, 0.3) is 0 Å². The van der Waals surface area contributed by atoms with Gasteiger partial charge in [0.15, 0.2) is 0 Å². The summed E-state index contributed by atoms with van der Waals surface area (Å²) in [5, 5.41) is 21.4. The normalized spacial score (nSPS) is 15.7. The van der Waals surface area contributed by atoms with Gasteiger partial charge in [-0.3, -0.25) is 4.79 Å². The van der Waals surface area contributed by atoms with Crippen LogP contribution in [0, 0.1) is 11.3 Å². The SMILES string of the molecule is CC(C)(C)n1nnnc1SCC(=O)N1CCN(S(=O)(=O)c2ccccc2C#N)CC1. The van der Waals surface area contributed by atoms with Gasteiger partial charge in [-0.1, -0.05) is 23.9 Å². The maximum Gasteiger partial charge on any atom is 0.244 e. The Balaban J connectivity index is 1.60. The fourth-order valence-corrected chi connectivity index (χ4v) is 5.53. The van der Waals surface area contributed by atoms with Crippen molar-refractivity contribution in [3.05, 3.63) is 29.8 Å². The predicted molar refractivity (Wildman–Crippen MR) is 110 cm³/mol. The van der Waals surface area contributed by atoms with Crippen molar-refractivity contribution in [1.82, 2.24) is 29.4 Å². The largest absolute Gasteiger partial charge is 0.339 e. The van der Waals surface area contributed by atoms with E-state index in [-0.39, 0.29) is 53.8 Å². The van der Waals surface area contributed by atoms with Crippen molar-refractivity contribution in [2.75, 3.05) is 31.9 Å². The molecule has 1 aromatic heterocycles. The summed E-state index contributed by atoms with van der Waals surface area (Å²) in [6.45, 7) is 6.85. The second-order valence-electron chi connectivity index (χ2n) is 7.73. The van der Waals surface area contributed by atoms with E-state index in [9.17, 15) is 18.5 Å². The van der Waals surface area contributed by atoms with Gasteiger partial charge in [0, 0.05) is 26.2 Å². The fourth-order valence-electron chi connectivity index (χ4n) is 3.01. The Hall–Kier alpha value is -2.49. The lowest BCUT2D eigenvalue weighted by atomic mass is 10.1. The fraction of sp³-hybridized carbons (Fsp3) is 0.500. The summed E-state index contributed by atoms with van der Waals surface area (Å²) in [5.41, 5.74) is -0.182. The van der Waals surface area contributed by atoms with Crippen LogP contribution in [0.5, 0.6) is 0 Å². The highest BCUT2D eigenvalue weighted by atomic mass is 32.2. The van der Waals surface area contributed by atoms with E-state index in [2.05, 4.69) is 15.5 Å². The number of amides is 1. The minimum atomic E-state index is -3.79. The van der Waals surface area contributed by atoms with Crippen LogP contribution < -0.4 is 0 Å². The van der Waals surface area contributed by atoms with Gasteiger partial charge in [-0.05, 0) is 43.3 Å². The van der Waals surface area contributed by atoms with E-state index < -0.39 is 10.0 Å². The van der Waals surface area contributed by atoms with Crippen LogP contribution in [0.1, 0.15) is 26.3 Å². The summed E-state index contributed by atoms with van der Waals surface area (Å²) in [6, 6.07) is 8.05. The van der Waals surface area contributed by atoms with Gasteiger partial charge in [-0.25, -0.2) is 13.1 Å². The maximum absolute atomic E-state index is 12.9. The van der Waals surface area contributed by atoms with E-state index >= 15 is 0 Å². The number of tetrazole rings is 1. The van der Waals surface area contributed by atoms with E-state index in [1.54, 1.807) is 21.7 Å². The lowest BCUT2D eigenvalue weighted by Gasteiger charge is -2.34. The third-order valence-corrected chi connectivity index (χ3v) is 7.48. The van der Waals surface area contributed by atoms with E-state index in [0.717, 1.165) is 0 Å². The van der Waals surface area contributed by atoms with E-state index in [1.165, 1.54) is 28.2 Å². The number of carbonyl (C=O) groups excluding carboxylic acids is 1. The number of hydrogen-bond acceptors (Lipinski definition) is 8. The van der Waals surface area contributed by atoms with Crippen LogP contribution in [0.4, 0.5) is 0 Å². The average molecular weight is 450 g/mol. The molecule has 30 heavy (non-hydrogen) atoms. The number of sulfonamides is 1. The van der Waals surface area contributed by atoms with Crippen LogP contribution in [-0.2, 0) is 20.4 Å². The Morgan fingerprint density at radius 1 is 1.20 bits per heavy atom. The van der Waals surface area contributed by atoms with Crippen molar-refractivity contribution in [2.24, 2.45) is 0 Å². The second-order valence-corrected chi connectivity index (χ2v) is 10.6. The van der Waals surface area contributed by atoms with Gasteiger partial charge in [0.25, 0.3) is 0 Å². The highest BCUT2D eigenvalue weighted by molar-refractivity contribution is 7.99. The van der Waals surface area contributed by atoms with E-state index in [4.69, 9.17) is 0 Å². The van der Waals surface area contributed by atoms with Crippen LogP contribution in [-0.4, -0.2) is 75.7 Å². The summed E-state index contributed by atoms with van der Waals surface area (Å²) >= 11 is 1.26. The van der Waals surface area contributed by atoms with Gasteiger partial charge in [-0.2, -0.15) is 9.57 Å².